The summed E-state index contributed by atoms with van der Waals surface area (Å²) in [5.41, 5.74) is 5.99. The van der Waals surface area contributed by atoms with E-state index >= 15 is 0 Å². The van der Waals surface area contributed by atoms with Crippen molar-refractivity contribution in [3.8, 4) is 11.1 Å². The van der Waals surface area contributed by atoms with Crippen LogP contribution in [0.25, 0.3) is 33.1 Å². The highest BCUT2D eigenvalue weighted by Gasteiger charge is 2.28. The van der Waals surface area contributed by atoms with Crippen molar-refractivity contribution in [2.75, 3.05) is 0 Å². The Bertz CT molecular complexity index is 1180. The van der Waals surface area contributed by atoms with Gasteiger partial charge in [0.1, 0.15) is 11.2 Å². The average Bonchev–Trinajstić information content (AvgIpc) is 3.38. The van der Waals surface area contributed by atoms with Crippen molar-refractivity contribution < 1.29 is 8.83 Å². The molecule has 25 heavy (non-hydrogen) atoms. The molecule has 1 aliphatic carbocycles. The SMILES string of the molecule is Cc1c(-c2ccccc2)c2cc3c(C4CC4)coc3c(C)c2oc1=O. The molecule has 4 aromatic rings. The topological polar surface area (TPSA) is 43.4 Å². The molecule has 1 fully saturated rings. The monoisotopic (exact) mass is 330 g/mol. The zero-order valence-electron chi connectivity index (χ0n) is 14.3. The molecule has 2 heterocycles. The van der Waals surface area contributed by atoms with Gasteiger partial charge in [0.05, 0.1) is 6.26 Å². The zero-order chi connectivity index (χ0) is 17.1. The Morgan fingerprint density at radius 1 is 0.960 bits per heavy atom. The first-order valence-electron chi connectivity index (χ1n) is 8.68. The van der Waals surface area contributed by atoms with Gasteiger partial charge in [0.2, 0.25) is 0 Å². The molecule has 0 aliphatic heterocycles. The highest BCUT2D eigenvalue weighted by molar-refractivity contribution is 6.05. The van der Waals surface area contributed by atoms with E-state index in [4.69, 9.17) is 8.83 Å². The van der Waals surface area contributed by atoms with E-state index in [-0.39, 0.29) is 5.63 Å². The smallest absolute Gasteiger partial charge is 0.339 e. The summed E-state index contributed by atoms with van der Waals surface area (Å²) >= 11 is 0. The van der Waals surface area contributed by atoms with Crippen LogP contribution in [0.5, 0.6) is 0 Å². The van der Waals surface area contributed by atoms with Crippen LogP contribution in [0, 0.1) is 13.8 Å². The molecule has 3 nitrogen and oxygen atoms in total. The number of hydrogen-bond donors (Lipinski definition) is 0. The maximum Gasteiger partial charge on any atom is 0.339 e. The van der Waals surface area contributed by atoms with Crippen LogP contribution in [0.15, 0.2) is 56.3 Å². The first kappa shape index (κ1) is 14.5. The Morgan fingerprint density at radius 3 is 2.44 bits per heavy atom. The molecule has 0 saturated heterocycles. The van der Waals surface area contributed by atoms with Gasteiger partial charge >= 0.3 is 5.63 Å². The van der Waals surface area contributed by atoms with Gasteiger partial charge in [-0.3, -0.25) is 0 Å². The first-order valence-corrected chi connectivity index (χ1v) is 8.68. The lowest BCUT2D eigenvalue weighted by Crippen LogP contribution is -2.06. The lowest BCUT2D eigenvalue weighted by Gasteiger charge is -2.11. The largest absolute Gasteiger partial charge is 0.464 e. The molecule has 2 aromatic heterocycles. The summed E-state index contributed by atoms with van der Waals surface area (Å²) in [6.07, 6.45) is 4.32. The molecular formula is C22H18O3. The van der Waals surface area contributed by atoms with Crippen molar-refractivity contribution in [1.82, 2.24) is 0 Å². The molecule has 2 aromatic carbocycles. The van der Waals surface area contributed by atoms with Crippen LogP contribution < -0.4 is 5.63 Å². The average molecular weight is 330 g/mol. The van der Waals surface area contributed by atoms with Gasteiger partial charge in [-0.05, 0) is 44.2 Å². The number of hydrogen-bond acceptors (Lipinski definition) is 3. The van der Waals surface area contributed by atoms with E-state index in [0.717, 1.165) is 33.0 Å². The maximum atomic E-state index is 12.4. The van der Waals surface area contributed by atoms with Crippen molar-refractivity contribution in [2.24, 2.45) is 0 Å². The maximum absolute atomic E-state index is 12.4. The van der Waals surface area contributed by atoms with Gasteiger partial charge in [-0.2, -0.15) is 0 Å². The van der Waals surface area contributed by atoms with Gasteiger partial charge in [0.25, 0.3) is 0 Å². The predicted molar refractivity (Wildman–Crippen MR) is 99.1 cm³/mol. The molecule has 0 N–H and O–H groups in total. The predicted octanol–water partition coefficient (Wildman–Crippen LogP) is 5.70. The minimum atomic E-state index is -0.289. The number of benzene rings is 2. The lowest BCUT2D eigenvalue weighted by atomic mass is 9.94. The molecule has 124 valence electrons. The number of furan rings is 1. The quantitative estimate of drug-likeness (QED) is 0.443. The van der Waals surface area contributed by atoms with Crippen LogP contribution in [0.3, 0.4) is 0 Å². The second kappa shape index (κ2) is 5.09. The van der Waals surface area contributed by atoms with Crippen molar-refractivity contribution >= 4 is 21.9 Å². The summed E-state index contributed by atoms with van der Waals surface area (Å²) in [4.78, 5) is 12.4. The minimum Gasteiger partial charge on any atom is -0.464 e. The van der Waals surface area contributed by atoms with Crippen molar-refractivity contribution in [3.63, 3.8) is 0 Å². The Hall–Kier alpha value is -2.81. The molecule has 5 rings (SSSR count). The van der Waals surface area contributed by atoms with Crippen LogP contribution in [-0.4, -0.2) is 0 Å². The highest BCUT2D eigenvalue weighted by atomic mass is 16.4. The van der Waals surface area contributed by atoms with Crippen LogP contribution in [0.1, 0.15) is 35.4 Å². The molecule has 1 saturated carbocycles. The van der Waals surface area contributed by atoms with Crippen molar-refractivity contribution in [2.45, 2.75) is 32.6 Å². The third-order valence-corrected chi connectivity index (χ3v) is 5.30. The number of fused-ring (bicyclic) bond motifs is 2. The highest BCUT2D eigenvalue weighted by Crippen LogP contribution is 2.46. The lowest BCUT2D eigenvalue weighted by molar-refractivity contribution is 0.551. The molecule has 0 amide bonds. The van der Waals surface area contributed by atoms with E-state index < -0.39 is 0 Å². The fourth-order valence-electron chi connectivity index (χ4n) is 3.81. The van der Waals surface area contributed by atoms with Crippen molar-refractivity contribution in [3.05, 3.63) is 69.8 Å². The molecule has 0 atom stereocenters. The summed E-state index contributed by atoms with van der Waals surface area (Å²) in [5, 5.41) is 2.13. The molecule has 0 spiro atoms. The Labute approximate surface area is 144 Å². The molecular weight excluding hydrogens is 312 g/mol. The third-order valence-electron chi connectivity index (χ3n) is 5.30. The van der Waals surface area contributed by atoms with E-state index in [1.807, 2.05) is 50.4 Å². The molecule has 1 aliphatic rings. The van der Waals surface area contributed by atoms with E-state index in [2.05, 4.69) is 6.07 Å². The van der Waals surface area contributed by atoms with Crippen LogP contribution in [0.2, 0.25) is 0 Å². The Balaban J connectivity index is 1.96. The molecule has 0 bridgehead atoms. The van der Waals surface area contributed by atoms with Gasteiger partial charge in [-0.15, -0.1) is 0 Å². The number of rotatable bonds is 2. The summed E-state index contributed by atoms with van der Waals surface area (Å²) < 4.78 is 11.5. The normalized spacial score (nSPS) is 14.5. The van der Waals surface area contributed by atoms with Gasteiger partial charge < -0.3 is 8.83 Å². The van der Waals surface area contributed by atoms with E-state index in [1.54, 1.807) is 0 Å². The van der Waals surface area contributed by atoms with E-state index in [0.29, 0.717) is 17.1 Å². The zero-order valence-corrected chi connectivity index (χ0v) is 14.3. The summed E-state index contributed by atoms with van der Waals surface area (Å²) in [6.45, 7) is 3.81. The Morgan fingerprint density at radius 2 is 1.72 bits per heavy atom. The standard InChI is InChI=1S/C22H18O3/c1-12-19(15-6-4-3-5-7-15)17-10-16-18(14-8-9-14)11-24-20(16)13(2)21(17)25-22(12)23/h3-7,10-11,14H,8-9H2,1-2H3. The second-order valence-corrected chi connectivity index (χ2v) is 6.98. The fraction of sp³-hybridized carbons (Fsp3) is 0.227. The van der Waals surface area contributed by atoms with Crippen LogP contribution in [0.4, 0.5) is 0 Å². The summed E-state index contributed by atoms with van der Waals surface area (Å²) in [5.74, 6) is 0.607. The van der Waals surface area contributed by atoms with Crippen molar-refractivity contribution in [1.29, 1.82) is 0 Å². The van der Waals surface area contributed by atoms with Crippen LogP contribution >= 0.6 is 0 Å². The summed E-state index contributed by atoms with van der Waals surface area (Å²) in [7, 11) is 0. The van der Waals surface area contributed by atoms with E-state index in [9.17, 15) is 4.79 Å². The second-order valence-electron chi connectivity index (χ2n) is 6.98. The fourth-order valence-corrected chi connectivity index (χ4v) is 3.81. The van der Waals surface area contributed by atoms with Gasteiger partial charge in [0.15, 0.2) is 0 Å². The molecule has 0 radical (unpaired) electrons. The van der Waals surface area contributed by atoms with Gasteiger partial charge in [-0.25, -0.2) is 4.79 Å². The first-order chi connectivity index (χ1) is 12.1. The Kier molecular flexibility index (Phi) is 2.96. The van der Waals surface area contributed by atoms with Crippen LogP contribution in [-0.2, 0) is 0 Å². The van der Waals surface area contributed by atoms with E-state index in [1.165, 1.54) is 18.4 Å². The van der Waals surface area contributed by atoms with Gasteiger partial charge in [0, 0.05) is 33.0 Å². The summed E-state index contributed by atoms with van der Waals surface area (Å²) in [6, 6.07) is 12.2. The number of aryl methyl sites for hydroxylation is 1. The molecule has 0 unspecified atom stereocenters. The third kappa shape index (κ3) is 2.08. The molecule has 3 heteroatoms. The van der Waals surface area contributed by atoms with Gasteiger partial charge in [-0.1, -0.05) is 30.3 Å². The minimum absolute atomic E-state index is 0.289.